The minimum atomic E-state index is 0.141. The highest BCUT2D eigenvalue weighted by atomic mass is 32.2. The molecule has 0 aromatic rings. The molecule has 1 amide bonds. The van der Waals surface area contributed by atoms with Crippen LogP contribution < -0.4 is 5.32 Å². The van der Waals surface area contributed by atoms with E-state index in [-0.39, 0.29) is 5.91 Å². The molecule has 1 N–H and O–H groups in total. The molecule has 0 bridgehead atoms. The van der Waals surface area contributed by atoms with Crippen molar-refractivity contribution in [2.45, 2.75) is 39.5 Å². The van der Waals surface area contributed by atoms with Gasteiger partial charge in [0.1, 0.15) is 0 Å². The fourth-order valence-electron chi connectivity index (χ4n) is 2.46. The van der Waals surface area contributed by atoms with Crippen molar-refractivity contribution in [2.75, 3.05) is 37.7 Å². The molecule has 132 valence electrons. The van der Waals surface area contributed by atoms with Crippen LogP contribution in [0.5, 0.6) is 0 Å². The first kappa shape index (κ1) is 20.7. The molecule has 3 nitrogen and oxygen atoms in total. The molecule has 0 radical (unpaired) electrons. The lowest BCUT2D eigenvalue weighted by Gasteiger charge is -2.23. The Hall–Kier alpha value is -0.390. The first-order chi connectivity index (χ1) is 11.0. The van der Waals surface area contributed by atoms with E-state index in [1.807, 2.05) is 11.8 Å². The van der Waals surface area contributed by atoms with Crippen LogP contribution in [0.4, 0.5) is 0 Å². The maximum absolute atomic E-state index is 12.1. The Morgan fingerprint density at radius 2 is 2.04 bits per heavy atom. The molecular weight excluding hydrogens is 324 g/mol. The van der Waals surface area contributed by atoms with E-state index in [0.717, 1.165) is 37.6 Å². The number of nitrogens with zero attached hydrogens (tertiary/aromatic N) is 1. The molecule has 1 unspecified atom stereocenters. The number of carbonyl (C=O) groups excluding carboxylic acids is 1. The lowest BCUT2D eigenvalue weighted by molar-refractivity contribution is -0.122. The van der Waals surface area contributed by atoms with Crippen molar-refractivity contribution in [1.29, 1.82) is 0 Å². The smallest absolute Gasteiger partial charge is 0.234 e. The van der Waals surface area contributed by atoms with Gasteiger partial charge in [0.25, 0.3) is 0 Å². The van der Waals surface area contributed by atoms with Crippen LogP contribution in [0.3, 0.4) is 0 Å². The average molecular weight is 357 g/mol. The maximum Gasteiger partial charge on any atom is 0.234 e. The number of carbonyl (C=O) groups is 1. The first-order valence-corrected chi connectivity index (χ1v) is 10.6. The SMILES string of the molecule is C=C1CC(C)C(=C)SCCN(CCCCC)CC(=O)NCCS1. The maximum atomic E-state index is 12.1. The minimum absolute atomic E-state index is 0.141. The molecule has 23 heavy (non-hydrogen) atoms. The molecular formula is C18H32N2OS2. The quantitative estimate of drug-likeness (QED) is 0.768. The molecule has 1 saturated heterocycles. The van der Waals surface area contributed by atoms with Crippen LogP contribution in [0.1, 0.15) is 39.5 Å². The molecule has 0 aromatic carbocycles. The Bertz CT molecular complexity index is 398. The summed E-state index contributed by atoms with van der Waals surface area (Å²) in [7, 11) is 0. The highest BCUT2D eigenvalue weighted by Crippen LogP contribution is 2.30. The summed E-state index contributed by atoms with van der Waals surface area (Å²) >= 11 is 3.59. The summed E-state index contributed by atoms with van der Waals surface area (Å²) in [6.07, 6.45) is 4.59. The Balaban J connectivity index is 2.57. The number of allylic oxidation sites excluding steroid dienone is 2. The van der Waals surface area contributed by atoms with Crippen molar-refractivity contribution in [3.63, 3.8) is 0 Å². The van der Waals surface area contributed by atoms with Gasteiger partial charge in [-0.25, -0.2) is 0 Å². The van der Waals surface area contributed by atoms with Crippen LogP contribution in [0.25, 0.3) is 0 Å². The van der Waals surface area contributed by atoms with Crippen molar-refractivity contribution < 1.29 is 4.79 Å². The summed E-state index contributed by atoms with van der Waals surface area (Å²) in [6, 6.07) is 0. The second kappa shape index (κ2) is 12.0. The van der Waals surface area contributed by atoms with Gasteiger partial charge in [-0.3, -0.25) is 9.69 Å². The number of hydrogen-bond donors (Lipinski definition) is 1. The van der Waals surface area contributed by atoms with Gasteiger partial charge >= 0.3 is 0 Å². The van der Waals surface area contributed by atoms with Crippen LogP contribution in [0.15, 0.2) is 23.0 Å². The number of nitrogens with one attached hydrogen (secondary N) is 1. The third-order valence-electron chi connectivity index (χ3n) is 3.95. The highest BCUT2D eigenvalue weighted by molar-refractivity contribution is 8.03. The van der Waals surface area contributed by atoms with Gasteiger partial charge in [-0.2, -0.15) is 0 Å². The van der Waals surface area contributed by atoms with Gasteiger partial charge in [0.05, 0.1) is 6.54 Å². The van der Waals surface area contributed by atoms with E-state index in [4.69, 9.17) is 0 Å². The van der Waals surface area contributed by atoms with Crippen LogP contribution in [0, 0.1) is 5.92 Å². The Kier molecular flexibility index (Phi) is 10.8. The molecule has 1 fully saturated rings. The van der Waals surface area contributed by atoms with Gasteiger partial charge in [0, 0.05) is 24.6 Å². The number of unbranched alkanes of at least 4 members (excludes halogenated alkanes) is 2. The molecule has 1 atom stereocenters. The van der Waals surface area contributed by atoms with Crippen molar-refractivity contribution in [3.8, 4) is 0 Å². The average Bonchev–Trinajstić information content (AvgIpc) is 2.50. The van der Waals surface area contributed by atoms with E-state index in [1.165, 1.54) is 29.1 Å². The van der Waals surface area contributed by atoms with Crippen molar-refractivity contribution in [2.24, 2.45) is 5.92 Å². The summed E-state index contributed by atoms with van der Waals surface area (Å²) in [5.74, 6) is 2.50. The zero-order valence-corrected chi connectivity index (χ0v) is 16.4. The van der Waals surface area contributed by atoms with E-state index < -0.39 is 0 Å². The molecule has 0 aliphatic carbocycles. The Morgan fingerprint density at radius 3 is 2.78 bits per heavy atom. The number of hydrogen-bond acceptors (Lipinski definition) is 4. The molecule has 1 heterocycles. The molecule has 1 aliphatic rings. The van der Waals surface area contributed by atoms with Crippen molar-refractivity contribution in [1.82, 2.24) is 10.2 Å². The summed E-state index contributed by atoms with van der Waals surface area (Å²) in [5, 5.41) is 3.03. The normalized spacial score (nSPS) is 23.4. The number of thioether (sulfide) groups is 2. The van der Waals surface area contributed by atoms with Crippen LogP contribution in [-0.4, -0.2) is 48.5 Å². The van der Waals surface area contributed by atoms with E-state index >= 15 is 0 Å². The van der Waals surface area contributed by atoms with E-state index in [2.05, 4.69) is 37.2 Å². The zero-order chi connectivity index (χ0) is 17.1. The van der Waals surface area contributed by atoms with Gasteiger partial charge in [-0.05, 0) is 35.1 Å². The standard InChI is InChI=1S/C18H32N2OS2/c1-5-6-7-9-20-10-12-23-17(4)15(2)13-16(3)22-11-8-19-18(21)14-20/h15H,3-14H2,1-2H3,(H,19,21). The van der Waals surface area contributed by atoms with Gasteiger partial charge in [0.2, 0.25) is 5.91 Å². The lowest BCUT2D eigenvalue weighted by Crippen LogP contribution is -2.39. The largest absolute Gasteiger partial charge is 0.354 e. The predicted molar refractivity (Wildman–Crippen MR) is 106 cm³/mol. The molecule has 0 spiro atoms. The van der Waals surface area contributed by atoms with Crippen LogP contribution in [0.2, 0.25) is 0 Å². The Labute approximate surface area is 150 Å². The van der Waals surface area contributed by atoms with E-state index in [0.29, 0.717) is 12.5 Å². The molecule has 1 rings (SSSR count). The summed E-state index contributed by atoms with van der Waals surface area (Å²) in [5.41, 5.74) is 0. The third-order valence-corrected chi connectivity index (χ3v) is 6.10. The summed E-state index contributed by atoms with van der Waals surface area (Å²) < 4.78 is 0. The monoisotopic (exact) mass is 356 g/mol. The summed E-state index contributed by atoms with van der Waals surface area (Å²) in [6.45, 7) is 16.0. The van der Waals surface area contributed by atoms with Gasteiger partial charge < -0.3 is 5.32 Å². The predicted octanol–water partition coefficient (Wildman–Crippen LogP) is 4.13. The van der Waals surface area contributed by atoms with Gasteiger partial charge in [0.15, 0.2) is 0 Å². The second-order valence-electron chi connectivity index (χ2n) is 6.14. The van der Waals surface area contributed by atoms with Crippen LogP contribution in [-0.2, 0) is 4.79 Å². The summed E-state index contributed by atoms with van der Waals surface area (Å²) in [4.78, 5) is 16.8. The number of amides is 1. The van der Waals surface area contributed by atoms with Crippen LogP contribution >= 0.6 is 23.5 Å². The van der Waals surface area contributed by atoms with E-state index in [9.17, 15) is 4.79 Å². The lowest BCUT2D eigenvalue weighted by atomic mass is 10.1. The molecule has 1 aliphatic heterocycles. The fourth-order valence-corrected chi connectivity index (χ4v) is 4.30. The molecule has 5 heteroatoms. The van der Waals surface area contributed by atoms with E-state index in [1.54, 1.807) is 11.8 Å². The molecule has 0 saturated carbocycles. The zero-order valence-electron chi connectivity index (χ0n) is 14.7. The topological polar surface area (TPSA) is 32.3 Å². The van der Waals surface area contributed by atoms with Gasteiger partial charge in [-0.1, -0.05) is 39.8 Å². The van der Waals surface area contributed by atoms with Gasteiger partial charge in [-0.15, -0.1) is 23.5 Å². The fraction of sp³-hybridized carbons (Fsp3) is 0.722. The van der Waals surface area contributed by atoms with Crippen molar-refractivity contribution in [3.05, 3.63) is 23.0 Å². The van der Waals surface area contributed by atoms with Crippen molar-refractivity contribution >= 4 is 29.4 Å². The second-order valence-corrected chi connectivity index (χ2v) is 8.64. The molecule has 0 aromatic heterocycles. The first-order valence-electron chi connectivity index (χ1n) is 8.64. The highest BCUT2D eigenvalue weighted by Gasteiger charge is 2.14. The third kappa shape index (κ3) is 9.48. The number of rotatable bonds is 4. The Morgan fingerprint density at radius 1 is 1.26 bits per heavy atom. The minimum Gasteiger partial charge on any atom is -0.354 e.